The van der Waals surface area contributed by atoms with Crippen LogP contribution in [0.3, 0.4) is 0 Å². The van der Waals surface area contributed by atoms with E-state index in [0.29, 0.717) is 5.69 Å². The van der Waals surface area contributed by atoms with Gasteiger partial charge in [-0.15, -0.1) is 0 Å². The molecule has 0 saturated carbocycles. The fraction of sp³-hybridized carbons (Fsp3) is 0.0870. The van der Waals surface area contributed by atoms with Gasteiger partial charge < -0.3 is 10.6 Å². The number of carbonyl (C=O) groups is 2. The number of rotatable bonds is 6. The Labute approximate surface area is 195 Å². The van der Waals surface area contributed by atoms with Crippen LogP contribution < -0.4 is 16.4 Å². The molecule has 2 N–H and O–H groups in total. The number of nitrogens with zero attached hydrogens (tertiary/aromatic N) is 3. The van der Waals surface area contributed by atoms with Gasteiger partial charge in [-0.05, 0) is 48.5 Å². The van der Waals surface area contributed by atoms with Crippen molar-refractivity contribution in [2.45, 2.75) is 12.7 Å². The van der Waals surface area contributed by atoms with Crippen LogP contribution in [0.2, 0.25) is 0 Å². The molecular weight excluding hydrogens is 467 g/mol. The summed E-state index contributed by atoms with van der Waals surface area (Å²) in [6.07, 6.45) is -3.05. The summed E-state index contributed by atoms with van der Waals surface area (Å²) in [5.74, 6) is -2.06. The second-order valence-electron chi connectivity index (χ2n) is 7.23. The number of hydrogen-bond donors (Lipinski definition) is 2. The molecule has 0 fully saturated rings. The molecule has 2 amide bonds. The fourth-order valence-electron chi connectivity index (χ4n) is 3.15. The number of benzene rings is 2. The maximum atomic E-state index is 12.9. The monoisotopic (exact) mass is 483 g/mol. The quantitative estimate of drug-likeness (QED) is 0.431. The van der Waals surface area contributed by atoms with E-state index in [-0.39, 0.29) is 22.8 Å². The van der Waals surface area contributed by atoms with Crippen LogP contribution >= 0.6 is 0 Å². The Kier molecular flexibility index (Phi) is 6.44. The van der Waals surface area contributed by atoms with Crippen LogP contribution in [0.4, 0.5) is 24.5 Å². The molecule has 0 aliphatic carbocycles. The van der Waals surface area contributed by atoms with E-state index >= 15 is 0 Å². The zero-order valence-electron chi connectivity index (χ0n) is 17.7. The molecule has 0 spiro atoms. The molecule has 0 aliphatic rings. The minimum Gasteiger partial charge on any atom is -0.325 e. The van der Waals surface area contributed by atoms with Crippen molar-refractivity contribution in [1.82, 2.24) is 14.7 Å². The lowest BCUT2D eigenvalue weighted by Gasteiger charge is -2.11. The van der Waals surface area contributed by atoms with Gasteiger partial charge in [-0.1, -0.05) is 23.4 Å². The average molecular weight is 483 g/mol. The van der Waals surface area contributed by atoms with E-state index in [1.165, 1.54) is 42.6 Å². The van der Waals surface area contributed by atoms with E-state index in [1.54, 1.807) is 18.2 Å². The van der Waals surface area contributed by atoms with E-state index in [9.17, 15) is 27.6 Å². The van der Waals surface area contributed by atoms with Crippen molar-refractivity contribution >= 4 is 23.2 Å². The number of pyridine rings is 1. The number of carbonyl (C=O) groups excluding carboxylic acids is 2. The molecule has 2 aromatic carbocycles. The SMILES string of the molecule is O=C(Cn1c(-c2ccccn2)noc1=O)Nc1cccc(C(=O)Nc2cccc(C(F)(F)F)c2)c1. The van der Waals surface area contributed by atoms with Gasteiger partial charge in [0.05, 0.1) is 5.56 Å². The summed E-state index contributed by atoms with van der Waals surface area (Å²) in [5, 5.41) is 8.61. The minimum absolute atomic E-state index is 0.0341. The van der Waals surface area contributed by atoms with Crippen molar-refractivity contribution in [1.29, 1.82) is 0 Å². The molecule has 12 heteroatoms. The first-order valence-electron chi connectivity index (χ1n) is 10.1. The average Bonchev–Trinajstić information content (AvgIpc) is 3.19. The van der Waals surface area contributed by atoms with E-state index in [1.807, 2.05) is 0 Å². The van der Waals surface area contributed by atoms with Crippen molar-refractivity contribution in [3.05, 3.63) is 94.6 Å². The van der Waals surface area contributed by atoms with Crippen molar-refractivity contribution in [2.24, 2.45) is 0 Å². The Bertz CT molecular complexity index is 1430. The summed E-state index contributed by atoms with van der Waals surface area (Å²) in [5.41, 5.74) is -0.273. The van der Waals surface area contributed by atoms with Crippen LogP contribution in [-0.4, -0.2) is 26.5 Å². The molecule has 9 nitrogen and oxygen atoms in total. The van der Waals surface area contributed by atoms with Gasteiger partial charge in [0.2, 0.25) is 11.7 Å². The highest BCUT2D eigenvalue weighted by atomic mass is 19.4. The first-order valence-corrected chi connectivity index (χ1v) is 10.1. The first kappa shape index (κ1) is 23.4. The highest BCUT2D eigenvalue weighted by molar-refractivity contribution is 6.05. The third kappa shape index (κ3) is 5.61. The lowest BCUT2D eigenvalue weighted by molar-refractivity contribution is -0.137. The van der Waals surface area contributed by atoms with Gasteiger partial charge in [-0.2, -0.15) is 13.2 Å². The summed E-state index contributed by atoms with van der Waals surface area (Å²) in [6.45, 7) is -0.436. The number of anilines is 2. The van der Waals surface area contributed by atoms with Crippen LogP contribution in [0.5, 0.6) is 0 Å². The van der Waals surface area contributed by atoms with Crippen molar-refractivity contribution in [3.63, 3.8) is 0 Å². The largest absolute Gasteiger partial charge is 0.442 e. The summed E-state index contributed by atoms with van der Waals surface area (Å²) >= 11 is 0. The van der Waals surface area contributed by atoms with Gasteiger partial charge in [-0.3, -0.25) is 19.1 Å². The number of aromatic nitrogens is 3. The van der Waals surface area contributed by atoms with Gasteiger partial charge in [0.25, 0.3) is 5.91 Å². The fourth-order valence-corrected chi connectivity index (χ4v) is 3.15. The molecule has 0 saturated heterocycles. The Morgan fingerprint density at radius 3 is 2.40 bits per heavy atom. The molecule has 0 bridgehead atoms. The van der Waals surface area contributed by atoms with Gasteiger partial charge in [0.15, 0.2) is 0 Å². The van der Waals surface area contributed by atoms with E-state index < -0.39 is 35.9 Å². The molecule has 178 valence electrons. The molecule has 2 heterocycles. The van der Waals surface area contributed by atoms with Crippen molar-refractivity contribution < 1.29 is 27.3 Å². The first-order chi connectivity index (χ1) is 16.7. The lowest BCUT2D eigenvalue weighted by Crippen LogP contribution is -2.25. The number of halogens is 3. The number of amides is 2. The molecule has 0 aliphatic heterocycles. The number of nitrogens with one attached hydrogen (secondary N) is 2. The third-order valence-electron chi connectivity index (χ3n) is 4.74. The summed E-state index contributed by atoms with van der Waals surface area (Å²) in [6, 6.07) is 14.9. The van der Waals surface area contributed by atoms with Crippen molar-refractivity contribution in [2.75, 3.05) is 10.6 Å². The zero-order valence-corrected chi connectivity index (χ0v) is 17.7. The van der Waals surface area contributed by atoms with Gasteiger partial charge >= 0.3 is 11.9 Å². The standard InChI is InChI=1S/C23H16F3N5O4/c24-23(25,26)15-6-4-8-17(12-15)29-21(33)14-5-3-7-16(11-14)28-19(32)13-31-20(30-35-22(31)34)18-9-1-2-10-27-18/h1-12H,13H2,(H,28,32)(H,29,33). The normalized spacial score (nSPS) is 11.2. The zero-order chi connectivity index (χ0) is 25.0. The maximum absolute atomic E-state index is 12.9. The Morgan fingerprint density at radius 2 is 1.69 bits per heavy atom. The van der Waals surface area contributed by atoms with Gasteiger partial charge in [-0.25, -0.2) is 9.36 Å². The molecule has 0 unspecified atom stereocenters. The molecule has 4 rings (SSSR count). The van der Waals surface area contributed by atoms with E-state index in [4.69, 9.17) is 0 Å². The van der Waals surface area contributed by atoms with Crippen molar-refractivity contribution in [3.8, 4) is 11.5 Å². The molecule has 0 radical (unpaired) electrons. The Hall–Kier alpha value is -4.74. The summed E-state index contributed by atoms with van der Waals surface area (Å²) < 4.78 is 44.3. The molecule has 35 heavy (non-hydrogen) atoms. The second-order valence-corrected chi connectivity index (χ2v) is 7.23. The third-order valence-corrected chi connectivity index (χ3v) is 4.74. The van der Waals surface area contributed by atoms with Gasteiger partial charge in [0.1, 0.15) is 12.2 Å². The number of alkyl halides is 3. The molecule has 0 atom stereocenters. The minimum atomic E-state index is -4.55. The smallest absolute Gasteiger partial charge is 0.325 e. The molecule has 4 aromatic rings. The van der Waals surface area contributed by atoms with Crippen LogP contribution in [0.15, 0.2) is 82.2 Å². The number of hydrogen-bond acceptors (Lipinski definition) is 6. The maximum Gasteiger partial charge on any atom is 0.442 e. The molecule has 2 aromatic heterocycles. The predicted molar refractivity (Wildman–Crippen MR) is 118 cm³/mol. The highest BCUT2D eigenvalue weighted by Gasteiger charge is 2.30. The highest BCUT2D eigenvalue weighted by Crippen LogP contribution is 2.30. The molecular formula is C23H16F3N5O4. The van der Waals surface area contributed by atoms with Gasteiger partial charge in [0, 0.05) is 23.1 Å². The van der Waals surface area contributed by atoms with E-state index in [0.717, 1.165) is 16.7 Å². The Balaban J connectivity index is 1.46. The van der Waals surface area contributed by atoms with Crippen LogP contribution in [0.25, 0.3) is 11.5 Å². The van der Waals surface area contributed by atoms with E-state index in [2.05, 4.69) is 25.3 Å². The van der Waals surface area contributed by atoms with Crippen LogP contribution in [0, 0.1) is 0 Å². The lowest BCUT2D eigenvalue weighted by atomic mass is 10.1. The summed E-state index contributed by atoms with van der Waals surface area (Å²) in [4.78, 5) is 41.2. The van der Waals surface area contributed by atoms with Crippen LogP contribution in [0.1, 0.15) is 15.9 Å². The summed E-state index contributed by atoms with van der Waals surface area (Å²) in [7, 11) is 0. The van der Waals surface area contributed by atoms with Crippen LogP contribution in [-0.2, 0) is 17.5 Å². The predicted octanol–water partition coefficient (Wildman–Crippen LogP) is 3.81. The Morgan fingerprint density at radius 1 is 0.943 bits per heavy atom. The second kappa shape index (κ2) is 9.63. The topological polar surface area (TPSA) is 119 Å².